The lowest BCUT2D eigenvalue weighted by Crippen LogP contribution is -2.67. The minimum atomic E-state index is -0.169. The van der Waals surface area contributed by atoms with Crippen molar-refractivity contribution in [3.63, 3.8) is 0 Å². The highest BCUT2D eigenvalue weighted by Crippen LogP contribution is 2.49. The van der Waals surface area contributed by atoms with Crippen LogP contribution in [0.2, 0.25) is 0 Å². The number of likely N-dealkylation sites (tertiary alicyclic amines) is 1. The summed E-state index contributed by atoms with van der Waals surface area (Å²) in [6, 6.07) is 14.0. The van der Waals surface area contributed by atoms with Crippen molar-refractivity contribution >= 4 is 16.8 Å². The van der Waals surface area contributed by atoms with Gasteiger partial charge in [-0.3, -0.25) is 9.69 Å². The summed E-state index contributed by atoms with van der Waals surface area (Å²) in [5.74, 6) is 1.80. The van der Waals surface area contributed by atoms with Gasteiger partial charge in [0, 0.05) is 60.7 Å². The van der Waals surface area contributed by atoms with Crippen molar-refractivity contribution in [1.82, 2.24) is 14.8 Å². The van der Waals surface area contributed by atoms with Crippen LogP contribution >= 0.6 is 0 Å². The maximum Gasteiger partial charge on any atom is 0.222 e. The van der Waals surface area contributed by atoms with E-state index in [1.165, 1.54) is 5.56 Å². The number of hydrogen-bond donors (Lipinski definition) is 2. The van der Waals surface area contributed by atoms with Crippen LogP contribution in [0, 0.1) is 0 Å². The normalized spacial score (nSPS) is 19.4. The molecule has 1 atom stereocenters. The predicted molar refractivity (Wildman–Crippen MR) is 127 cm³/mol. The average Bonchev–Trinajstić information content (AvgIpc) is 3.20. The van der Waals surface area contributed by atoms with Crippen molar-refractivity contribution in [3.05, 3.63) is 59.3 Å². The fourth-order valence-corrected chi connectivity index (χ4v) is 5.63. The molecule has 174 valence electrons. The maximum absolute atomic E-state index is 12.4. The van der Waals surface area contributed by atoms with E-state index in [1.54, 1.807) is 14.2 Å². The Hall–Kier alpha value is -3.03. The van der Waals surface area contributed by atoms with E-state index < -0.39 is 0 Å². The molecule has 0 aliphatic carbocycles. The van der Waals surface area contributed by atoms with Crippen molar-refractivity contribution in [2.75, 3.05) is 40.5 Å². The van der Waals surface area contributed by atoms with Crippen LogP contribution in [-0.2, 0) is 16.8 Å². The first-order valence-electron chi connectivity index (χ1n) is 11.5. The molecule has 1 saturated heterocycles. The Morgan fingerprint density at radius 3 is 2.58 bits per heavy atom. The van der Waals surface area contributed by atoms with Gasteiger partial charge >= 0.3 is 0 Å². The van der Waals surface area contributed by atoms with Gasteiger partial charge in [0.25, 0.3) is 0 Å². The van der Waals surface area contributed by atoms with Gasteiger partial charge < -0.3 is 24.5 Å². The second-order valence-corrected chi connectivity index (χ2v) is 9.16. The summed E-state index contributed by atoms with van der Waals surface area (Å²) < 4.78 is 10.9. The van der Waals surface area contributed by atoms with Gasteiger partial charge in [-0.2, -0.15) is 0 Å². The van der Waals surface area contributed by atoms with Crippen LogP contribution < -0.4 is 9.47 Å². The average molecular weight is 450 g/mol. The number of nitrogens with one attached hydrogen (secondary N) is 1. The number of ether oxygens (including phenoxy) is 2. The van der Waals surface area contributed by atoms with Crippen LogP contribution in [0.15, 0.2) is 42.5 Å². The molecule has 0 bridgehead atoms. The molecule has 5 rings (SSSR count). The van der Waals surface area contributed by atoms with Gasteiger partial charge in [-0.25, -0.2) is 0 Å². The third-order valence-corrected chi connectivity index (χ3v) is 7.18. The minimum absolute atomic E-state index is 0.00854. The number of fused-ring (bicyclic) bond motifs is 4. The quantitative estimate of drug-likeness (QED) is 0.604. The number of carbonyl (C=O) groups excluding carboxylic acids is 1. The largest absolute Gasteiger partial charge is 0.497 e. The van der Waals surface area contributed by atoms with Crippen molar-refractivity contribution in [2.24, 2.45) is 0 Å². The third kappa shape index (κ3) is 3.56. The fraction of sp³-hybridized carbons (Fsp3) is 0.423. The first-order chi connectivity index (χ1) is 16.0. The van der Waals surface area contributed by atoms with Crippen LogP contribution in [0.3, 0.4) is 0 Å². The van der Waals surface area contributed by atoms with Gasteiger partial charge in [-0.15, -0.1) is 0 Å². The minimum Gasteiger partial charge on any atom is -0.497 e. The number of aliphatic hydroxyl groups excluding tert-OH is 1. The Morgan fingerprint density at radius 2 is 1.88 bits per heavy atom. The first-order valence-corrected chi connectivity index (χ1v) is 11.5. The molecular formula is C26H31N3O4. The number of H-pyrrole nitrogens is 1. The molecule has 3 aromatic rings. The number of aromatic nitrogens is 1. The van der Waals surface area contributed by atoms with Gasteiger partial charge in [0.1, 0.15) is 11.5 Å². The van der Waals surface area contributed by atoms with E-state index in [-0.39, 0.29) is 24.0 Å². The molecule has 33 heavy (non-hydrogen) atoms. The van der Waals surface area contributed by atoms with Crippen LogP contribution in [0.1, 0.15) is 36.2 Å². The molecule has 7 heteroatoms. The summed E-state index contributed by atoms with van der Waals surface area (Å²) in [6.45, 7) is 4.76. The number of amides is 1. The van der Waals surface area contributed by atoms with Crippen molar-refractivity contribution in [1.29, 1.82) is 0 Å². The molecule has 1 spiro atoms. The molecule has 7 nitrogen and oxygen atoms in total. The zero-order valence-electron chi connectivity index (χ0n) is 19.4. The van der Waals surface area contributed by atoms with Crippen LogP contribution in [0.4, 0.5) is 0 Å². The zero-order chi connectivity index (χ0) is 23.2. The topological polar surface area (TPSA) is 78.0 Å². The standard InChI is InChI=1S/C26H31N3O4/c1-4-23(31)29-15-26(16-29)14-28(12-17-6-5-7-18(10-17)32-2)22(13-30)25-24(26)20-9-8-19(33-3)11-21(20)27-25/h5-11,22,27,30H,4,12-16H2,1-3H3/t22-/m0/s1. The summed E-state index contributed by atoms with van der Waals surface area (Å²) in [5, 5.41) is 11.6. The lowest BCUT2D eigenvalue weighted by Gasteiger charge is -2.56. The molecule has 3 heterocycles. The Kier molecular flexibility index (Phi) is 5.54. The Balaban J connectivity index is 1.58. The molecule has 2 N–H and O–H groups in total. The number of hydrogen-bond acceptors (Lipinski definition) is 5. The molecule has 1 aromatic heterocycles. The summed E-state index contributed by atoms with van der Waals surface area (Å²) in [4.78, 5) is 20.3. The molecule has 2 aliphatic heterocycles. The Labute approximate surface area is 193 Å². The van der Waals surface area contributed by atoms with E-state index in [4.69, 9.17) is 9.47 Å². The molecule has 1 amide bonds. The van der Waals surface area contributed by atoms with E-state index in [0.29, 0.717) is 26.1 Å². The summed E-state index contributed by atoms with van der Waals surface area (Å²) in [6.07, 6.45) is 0.515. The number of benzene rings is 2. The van der Waals surface area contributed by atoms with Gasteiger partial charge in [0.2, 0.25) is 5.91 Å². The second kappa shape index (κ2) is 8.39. The zero-order valence-corrected chi connectivity index (χ0v) is 19.4. The monoisotopic (exact) mass is 449 g/mol. The van der Waals surface area contributed by atoms with E-state index >= 15 is 0 Å². The van der Waals surface area contributed by atoms with E-state index in [1.807, 2.05) is 42.2 Å². The highest BCUT2D eigenvalue weighted by Gasteiger charge is 2.53. The highest BCUT2D eigenvalue weighted by molar-refractivity contribution is 5.89. The van der Waals surface area contributed by atoms with Gasteiger partial charge in [0.05, 0.1) is 26.9 Å². The fourth-order valence-electron chi connectivity index (χ4n) is 5.63. The SMILES string of the molecule is CCC(=O)N1CC2(C1)CN(Cc1cccc(OC)c1)[C@@H](CO)c1[nH]c3cc(OC)ccc3c12. The molecule has 0 radical (unpaired) electrons. The number of carbonyl (C=O) groups is 1. The van der Waals surface area contributed by atoms with Gasteiger partial charge in [-0.05, 0) is 35.4 Å². The van der Waals surface area contributed by atoms with E-state index in [0.717, 1.165) is 40.2 Å². The van der Waals surface area contributed by atoms with Crippen molar-refractivity contribution < 1.29 is 19.4 Å². The lowest BCUT2D eigenvalue weighted by atomic mass is 9.68. The number of aromatic amines is 1. The van der Waals surface area contributed by atoms with E-state index in [9.17, 15) is 9.90 Å². The summed E-state index contributed by atoms with van der Waals surface area (Å²) >= 11 is 0. The molecule has 2 aliphatic rings. The molecule has 2 aromatic carbocycles. The molecule has 1 fully saturated rings. The number of nitrogens with zero attached hydrogens (tertiary/aromatic N) is 2. The Morgan fingerprint density at radius 1 is 1.12 bits per heavy atom. The summed E-state index contributed by atoms with van der Waals surface area (Å²) in [7, 11) is 3.34. The number of aliphatic hydroxyl groups is 1. The van der Waals surface area contributed by atoms with Crippen molar-refractivity contribution in [3.8, 4) is 11.5 Å². The second-order valence-electron chi connectivity index (χ2n) is 9.16. The summed E-state index contributed by atoms with van der Waals surface area (Å²) in [5.41, 5.74) is 4.24. The van der Waals surface area contributed by atoms with Crippen LogP contribution in [0.25, 0.3) is 10.9 Å². The molecule has 0 unspecified atom stereocenters. The van der Waals surface area contributed by atoms with Crippen molar-refractivity contribution in [2.45, 2.75) is 31.3 Å². The molecular weight excluding hydrogens is 418 g/mol. The van der Waals surface area contributed by atoms with E-state index in [2.05, 4.69) is 22.0 Å². The van der Waals surface area contributed by atoms with Gasteiger partial charge in [0.15, 0.2) is 0 Å². The Bertz CT molecular complexity index is 1180. The third-order valence-electron chi connectivity index (χ3n) is 7.18. The van der Waals surface area contributed by atoms with Gasteiger partial charge in [-0.1, -0.05) is 19.1 Å². The van der Waals surface area contributed by atoms with Crippen LogP contribution in [-0.4, -0.2) is 66.3 Å². The smallest absolute Gasteiger partial charge is 0.222 e. The lowest BCUT2D eigenvalue weighted by molar-refractivity contribution is -0.140. The van der Waals surface area contributed by atoms with Crippen LogP contribution in [0.5, 0.6) is 11.5 Å². The molecule has 0 saturated carbocycles. The first kappa shape index (κ1) is 21.8. The maximum atomic E-state index is 12.4. The number of methoxy groups -OCH3 is 2. The predicted octanol–water partition coefficient (Wildman–Crippen LogP) is 3.22. The highest BCUT2D eigenvalue weighted by atomic mass is 16.5. The number of rotatable bonds is 6.